The predicted octanol–water partition coefficient (Wildman–Crippen LogP) is 2.21. The van der Waals surface area contributed by atoms with Crippen LogP contribution in [-0.4, -0.2) is 59.8 Å². The molecule has 1 aliphatic rings. The molecule has 0 unspecified atom stereocenters. The summed E-state index contributed by atoms with van der Waals surface area (Å²) in [6.07, 6.45) is 2.63. The Bertz CT molecular complexity index is 1110. The topological polar surface area (TPSA) is 76.5 Å². The number of hydrogen-bond acceptors (Lipinski definition) is 5. The summed E-state index contributed by atoms with van der Waals surface area (Å²) in [4.78, 5) is 32.6. The number of ether oxygens (including phenoxy) is 1. The van der Waals surface area contributed by atoms with Crippen LogP contribution in [0, 0.1) is 6.92 Å². The lowest BCUT2D eigenvalue weighted by Crippen LogP contribution is -2.38. The van der Waals surface area contributed by atoms with E-state index >= 15 is 0 Å². The standard InChI is InChI=1S/C24H28N4O3/c1-18-20(23(29)25-9-5-10-27-12-14-31-15-13-27)16-21-22(26-18)8-11-28(24(21)30)17-19-6-3-2-4-7-19/h2-4,6-8,11,16H,5,9-10,12-15,17H2,1H3,(H,25,29). The van der Waals surface area contributed by atoms with E-state index in [9.17, 15) is 9.59 Å². The minimum absolute atomic E-state index is 0.143. The van der Waals surface area contributed by atoms with Gasteiger partial charge in [0.25, 0.3) is 11.5 Å². The molecule has 1 saturated heterocycles. The Balaban J connectivity index is 1.46. The maximum Gasteiger partial charge on any atom is 0.260 e. The fourth-order valence-electron chi connectivity index (χ4n) is 3.86. The van der Waals surface area contributed by atoms with Gasteiger partial charge in [0.1, 0.15) is 0 Å². The summed E-state index contributed by atoms with van der Waals surface area (Å²) in [6.45, 7) is 7.23. The van der Waals surface area contributed by atoms with Crippen LogP contribution in [0.1, 0.15) is 28.0 Å². The molecule has 1 fully saturated rings. The maximum atomic E-state index is 13.0. The molecule has 3 heterocycles. The van der Waals surface area contributed by atoms with Crippen molar-refractivity contribution in [2.24, 2.45) is 0 Å². The number of pyridine rings is 2. The first-order chi connectivity index (χ1) is 15.1. The average Bonchev–Trinajstić information content (AvgIpc) is 2.79. The number of aryl methyl sites for hydroxylation is 1. The number of carbonyl (C=O) groups is 1. The van der Waals surface area contributed by atoms with Crippen molar-refractivity contribution < 1.29 is 9.53 Å². The molecule has 0 bridgehead atoms. The van der Waals surface area contributed by atoms with Crippen molar-refractivity contribution in [3.63, 3.8) is 0 Å². The monoisotopic (exact) mass is 420 g/mol. The van der Waals surface area contributed by atoms with Gasteiger partial charge in [-0.25, -0.2) is 0 Å². The normalized spacial score (nSPS) is 14.6. The number of nitrogens with zero attached hydrogens (tertiary/aromatic N) is 3. The first kappa shape index (κ1) is 21.2. The zero-order valence-electron chi connectivity index (χ0n) is 17.8. The molecule has 0 spiro atoms. The van der Waals surface area contributed by atoms with E-state index in [1.54, 1.807) is 23.8 Å². The molecule has 7 heteroatoms. The highest BCUT2D eigenvalue weighted by Crippen LogP contribution is 2.14. The SMILES string of the molecule is Cc1nc2ccn(Cc3ccccc3)c(=O)c2cc1C(=O)NCCCN1CCOCC1. The minimum Gasteiger partial charge on any atom is -0.379 e. The number of benzene rings is 1. The van der Waals surface area contributed by atoms with Crippen LogP contribution in [0.3, 0.4) is 0 Å². The maximum absolute atomic E-state index is 13.0. The molecule has 1 aliphatic heterocycles. The summed E-state index contributed by atoms with van der Waals surface area (Å²) < 4.78 is 7.01. The van der Waals surface area contributed by atoms with E-state index in [1.807, 2.05) is 36.4 Å². The zero-order chi connectivity index (χ0) is 21.6. The third kappa shape index (κ3) is 5.18. The molecule has 0 aliphatic carbocycles. The van der Waals surface area contributed by atoms with Gasteiger partial charge in [-0.3, -0.25) is 19.5 Å². The molecule has 1 aromatic carbocycles. The Labute approximate surface area is 181 Å². The lowest BCUT2D eigenvalue weighted by molar-refractivity contribution is 0.0374. The van der Waals surface area contributed by atoms with E-state index < -0.39 is 0 Å². The van der Waals surface area contributed by atoms with Crippen LogP contribution >= 0.6 is 0 Å². The van der Waals surface area contributed by atoms with Crippen LogP contribution < -0.4 is 10.9 Å². The van der Waals surface area contributed by atoms with Crippen LogP contribution in [0.5, 0.6) is 0 Å². The Morgan fingerprint density at radius 2 is 1.94 bits per heavy atom. The van der Waals surface area contributed by atoms with Gasteiger partial charge in [-0.2, -0.15) is 0 Å². The molecule has 162 valence electrons. The Morgan fingerprint density at radius 1 is 1.16 bits per heavy atom. The highest BCUT2D eigenvalue weighted by molar-refractivity contribution is 5.98. The Kier molecular flexibility index (Phi) is 6.74. The minimum atomic E-state index is -0.188. The van der Waals surface area contributed by atoms with E-state index in [0.717, 1.165) is 44.8 Å². The van der Waals surface area contributed by atoms with E-state index in [1.165, 1.54) is 0 Å². The van der Waals surface area contributed by atoms with E-state index in [2.05, 4.69) is 15.2 Å². The fourth-order valence-corrected chi connectivity index (χ4v) is 3.86. The van der Waals surface area contributed by atoms with Crippen molar-refractivity contribution >= 4 is 16.8 Å². The van der Waals surface area contributed by atoms with Gasteiger partial charge in [0.05, 0.1) is 41.9 Å². The number of rotatable bonds is 7. The van der Waals surface area contributed by atoms with Gasteiger partial charge >= 0.3 is 0 Å². The third-order valence-electron chi connectivity index (χ3n) is 5.63. The molecule has 0 saturated carbocycles. The summed E-state index contributed by atoms with van der Waals surface area (Å²) in [5, 5.41) is 3.43. The van der Waals surface area contributed by atoms with E-state index in [0.29, 0.717) is 35.2 Å². The van der Waals surface area contributed by atoms with Crippen molar-refractivity contribution in [3.05, 3.63) is 75.8 Å². The Hall–Kier alpha value is -3.03. The van der Waals surface area contributed by atoms with Crippen molar-refractivity contribution in [3.8, 4) is 0 Å². The number of fused-ring (bicyclic) bond motifs is 1. The highest BCUT2D eigenvalue weighted by atomic mass is 16.5. The number of nitrogens with one attached hydrogen (secondary N) is 1. The molecule has 31 heavy (non-hydrogen) atoms. The first-order valence-corrected chi connectivity index (χ1v) is 10.7. The van der Waals surface area contributed by atoms with E-state index in [4.69, 9.17) is 4.74 Å². The smallest absolute Gasteiger partial charge is 0.260 e. The predicted molar refractivity (Wildman–Crippen MR) is 120 cm³/mol. The van der Waals surface area contributed by atoms with Gasteiger partial charge in [0.2, 0.25) is 0 Å². The highest BCUT2D eigenvalue weighted by Gasteiger charge is 2.15. The lowest BCUT2D eigenvalue weighted by Gasteiger charge is -2.26. The van der Waals surface area contributed by atoms with Crippen molar-refractivity contribution in [2.45, 2.75) is 19.9 Å². The first-order valence-electron chi connectivity index (χ1n) is 10.7. The Morgan fingerprint density at radius 3 is 2.71 bits per heavy atom. The third-order valence-corrected chi connectivity index (χ3v) is 5.63. The summed E-state index contributed by atoms with van der Waals surface area (Å²) in [5.41, 5.74) is 2.58. The van der Waals surface area contributed by atoms with Gasteiger partial charge < -0.3 is 14.6 Å². The van der Waals surface area contributed by atoms with E-state index in [-0.39, 0.29) is 11.5 Å². The molecular weight excluding hydrogens is 392 g/mol. The molecule has 3 aromatic rings. The summed E-state index contributed by atoms with van der Waals surface area (Å²) in [7, 11) is 0. The van der Waals surface area contributed by atoms with Gasteiger partial charge in [0, 0.05) is 25.8 Å². The quantitative estimate of drug-likeness (QED) is 0.593. The lowest BCUT2D eigenvalue weighted by atomic mass is 10.1. The van der Waals surface area contributed by atoms with Crippen LogP contribution in [0.2, 0.25) is 0 Å². The summed E-state index contributed by atoms with van der Waals surface area (Å²) in [6, 6.07) is 13.3. The van der Waals surface area contributed by atoms with Gasteiger partial charge in [0.15, 0.2) is 0 Å². The molecule has 7 nitrogen and oxygen atoms in total. The largest absolute Gasteiger partial charge is 0.379 e. The molecule has 0 radical (unpaired) electrons. The van der Waals surface area contributed by atoms with Gasteiger partial charge in [-0.05, 0) is 37.6 Å². The number of carbonyl (C=O) groups excluding carboxylic acids is 1. The molecule has 1 N–H and O–H groups in total. The molecule has 4 rings (SSSR count). The van der Waals surface area contributed by atoms with Crippen molar-refractivity contribution in [1.82, 2.24) is 19.8 Å². The fraction of sp³-hybridized carbons (Fsp3) is 0.375. The van der Waals surface area contributed by atoms with Crippen LogP contribution in [0.25, 0.3) is 10.9 Å². The number of aromatic nitrogens is 2. The van der Waals surface area contributed by atoms with Crippen molar-refractivity contribution in [2.75, 3.05) is 39.4 Å². The second-order valence-corrected chi connectivity index (χ2v) is 7.85. The number of hydrogen-bond donors (Lipinski definition) is 1. The number of morpholine rings is 1. The second-order valence-electron chi connectivity index (χ2n) is 7.85. The number of amides is 1. The van der Waals surface area contributed by atoms with Crippen LogP contribution in [0.4, 0.5) is 0 Å². The van der Waals surface area contributed by atoms with Crippen LogP contribution in [0.15, 0.2) is 53.5 Å². The van der Waals surface area contributed by atoms with Gasteiger partial charge in [-0.1, -0.05) is 30.3 Å². The second kappa shape index (κ2) is 9.85. The van der Waals surface area contributed by atoms with Gasteiger partial charge in [-0.15, -0.1) is 0 Å². The summed E-state index contributed by atoms with van der Waals surface area (Å²) in [5.74, 6) is -0.188. The molecule has 1 amide bonds. The van der Waals surface area contributed by atoms with Crippen LogP contribution in [-0.2, 0) is 11.3 Å². The zero-order valence-corrected chi connectivity index (χ0v) is 17.8. The summed E-state index contributed by atoms with van der Waals surface area (Å²) >= 11 is 0. The average molecular weight is 421 g/mol. The molecule has 2 aromatic heterocycles. The molecular formula is C24H28N4O3. The molecule has 0 atom stereocenters. The van der Waals surface area contributed by atoms with Crippen molar-refractivity contribution in [1.29, 1.82) is 0 Å².